The molecule has 0 aromatic carbocycles. The van der Waals surface area contributed by atoms with Crippen LogP contribution in [0, 0.1) is 5.92 Å². The molecule has 108 valence electrons. The Morgan fingerprint density at radius 2 is 2.11 bits per heavy atom. The maximum Gasteiger partial charge on any atom is 0.218 e. The highest BCUT2D eigenvalue weighted by Crippen LogP contribution is 2.23. The number of allylic oxidation sites excluding steroid dienone is 1. The molecule has 1 heterocycles. The quantitative estimate of drug-likeness (QED) is 0.646. The molecule has 0 N–H and O–H groups in total. The van der Waals surface area contributed by atoms with Crippen molar-refractivity contribution >= 4 is 17.8 Å². The zero-order valence-corrected chi connectivity index (χ0v) is 13.7. The van der Waals surface area contributed by atoms with Crippen molar-refractivity contribution in [3.63, 3.8) is 0 Å². The Balaban J connectivity index is 2.24. The van der Waals surface area contributed by atoms with Gasteiger partial charge < -0.3 is 4.42 Å². The van der Waals surface area contributed by atoms with E-state index in [4.69, 9.17) is 4.42 Å². The summed E-state index contributed by atoms with van der Waals surface area (Å²) in [5, 5.41) is 0. The maximum atomic E-state index is 5.70. The number of nitrogens with zero attached hydrogens (tertiary/aromatic N) is 1. The van der Waals surface area contributed by atoms with Crippen LogP contribution in [0.5, 0.6) is 0 Å². The minimum Gasteiger partial charge on any atom is -0.441 e. The van der Waals surface area contributed by atoms with Crippen LogP contribution in [0.2, 0.25) is 0 Å². The fourth-order valence-corrected chi connectivity index (χ4v) is 2.53. The lowest BCUT2D eigenvalue weighted by molar-refractivity contribution is 0.403. The van der Waals surface area contributed by atoms with Crippen molar-refractivity contribution < 1.29 is 4.42 Å². The molecular weight excluding hydrogens is 254 g/mol. The van der Waals surface area contributed by atoms with Gasteiger partial charge in [0.25, 0.3) is 0 Å². The first-order valence-corrected chi connectivity index (χ1v) is 8.25. The monoisotopic (exact) mass is 281 g/mol. The van der Waals surface area contributed by atoms with Gasteiger partial charge in [0.15, 0.2) is 0 Å². The van der Waals surface area contributed by atoms with Gasteiger partial charge in [-0.05, 0) is 36.3 Å². The second kappa shape index (κ2) is 7.78. The van der Waals surface area contributed by atoms with Gasteiger partial charge in [0.05, 0.1) is 6.20 Å². The van der Waals surface area contributed by atoms with E-state index in [0.29, 0.717) is 0 Å². The predicted octanol–water partition coefficient (Wildman–Crippen LogP) is 5.15. The van der Waals surface area contributed by atoms with Gasteiger partial charge in [-0.3, -0.25) is 0 Å². The second-order valence-corrected chi connectivity index (χ2v) is 7.48. The Hall–Kier alpha value is -0.700. The molecular formula is C16H27NOS. The SMILES string of the molecule is CC(C)CSCCC/C=C/c1ncc(C(C)(C)C)o1. The number of unbranched alkanes of at least 4 members (excludes halogenated alkanes) is 1. The van der Waals surface area contributed by atoms with Crippen LogP contribution in [0.1, 0.15) is 59.1 Å². The van der Waals surface area contributed by atoms with Gasteiger partial charge in [0.1, 0.15) is 5.76 Å². The minimum atomic E-state index is 0.0343. The summed E-state index contributed by atoms with van der Waals surface area (Å²) in [6.45, 7) is 10.9. The highest BCUT2D eigenvalue weighted by molar-refractivity contribution is 7.99. The van der Waals surface area contributed by atoms with E-state index in [1.54, 1.807) is 0 Å². The number of hydrogen-bond acceptors (Lipinski definition) is 3. The van der Waals surface area contributed by atoms with Crippen LogP contribution in [0.3, 0.4) is 0 Å². The van der Waals surface area contributed by atoms with Gasteiger partial charge >= 0.3 is 0 Å². The normalized spacial score (nSPS) is 12.7. The minimum absolute atomic E-state index is 0.0343. The summed E-state index contributed by atoms with van der Waals surface area (Å²) in [5.41, 5.74) is 0.0343. The van der Waals surface area contributed by atoms with Crippen LogP contribution in [0.4, 0.5) is 0 Å². The van der Waals surface area contributed by atoms with E-state index in [-0.39, 0.29) is 5.41 Å². The molecule has 0 radical (unpaired) electrons. The van der Waals surface area contributed by atoms with Gasteiger partial charge in [-0.25, -0.2) is 4.98 Å². The molecule has 1 aromatic heterocycles. The molecule has 0 fully saturated rings. The highest BCUT2D eigenvalue weighted by atomic mass is 32.2. The topological polar surface area (TPSA) is 26.0 Å². The smallest absolute Gasteiger partial charge is 0.218 e. The van der Waals surface area contributed by atoms with E-state index in [2.05, 4.69) is 45.7 Å². The molecule has 0 aliphatic heterocycles. The van der Waals surface area contributed by atoms with Crippen molar-refractivity contribution in [2.75, 3.05) is 11.5 Å². The number of aromatic nitrogens is 1. The molecule has 0 atom stereocenters. The molecule has 2 nitrogen and oxygen atoms in total. The third-order valence-electron chi connectivity index (χ3n) is 2.63. The summed E-state index contributed by atoms with van der Waals surface area (Å²) >= 11 is 2.04. The van der Waals surface area contributed by atoms with E-state index >= 15 is 0 Å². The first-order chi connectivity index (χ1) is 8.89. The van der Waals surface area contributed by atoms with Gasteiger partial charge in [0.2, 0.25) is 5.89 Å². The Labute approximate surface area is 122 Å². The molecule has 0 saturated heterocycles. The average molecular weight is 281 g/mol. The molecule has 19 heavy (non-hydrogen) atoms. The van der Waals surface area contributed by atoms with E-state index in [0.717, 1.165) is 24.0 Å². The third kappa shape index (κ3) is 6.86. The molecule has 0 aliphatic rings. The van der Waals surface area contributed by atoms with Gasteiger partial charge in [-0.15, -0.1) is 0 Å². The van der Waals surface area contributed by atoms with Crippen LogP contribution in [-0.4, -0.2) is 16.5 Å². The Morgan fingerprint density at radius 1 is 1.37 bits per heavy atom. The van der Waals surface area contributed by atoms with Crippen molar-refractivity contribution in [1.82, 2.24) is 4.98 Å². The van der Waals surface area contributed by atoms with Crippen molar-refractivity contribution in [1.29, 1.82) is 0 Å². The molecule has 0 aliphatic carbocycles. The Kier molecular flexibility index (Phi) is 6.70. The van der Waals surface area contributed by atoms with E-state index in [9.17, 15) is 0 Å². The molecule has 0 unspecified atom stereocenters. The lowest BCUT2D eigenvalue weighted by Gasteiger charge is -2.12. The molecule has 3 heteroatoms. The lowest BCUT2D eigenvalue weighted by Crippen LogP contribution is -2.09. The van der Waals surface area contributed by atoms with Crippen LogP contribution in [0.15, 0.2) is 16.7 Å². The van der Waals surface area contributed by atoms with E-state index in [1.807, 2.05) is 24.0 Å². The Morgan fingerprint density at radius 3 is 2.68 bits per heavy atom. The number of oxazole rings is 1. The second-order valence-electron chi connectivity index (χ2n) is 6.33. The molecule has 0 spiro atoms. The van der Waals surface area contributed by atoms with Gasteiger partial charge in [0, 0.05) is 5.41 Å². The fourth-order valence-electron chi connectivity index (χ4n) is 1.52. The van der Waals surface area contributed by atoms with Gasteiger partial charge in [-0.1, -0.05) is 40.7 Å². The standard InChI is InChI=1S/C16H27NOS/c1-13(2)12-19-10-8-6-7-9-15-17-11-14(18-15)16(3,4)5/h7,9,11,13H,6,8,10,12H2,1-5H3/b9-7+. The summed E-state index contributed by atoms with van der Waals surface area (Å²) in [5.74, 6) is 4.96. The van der Waals surface area contributed by atoms with Crippen molar-refractivity contribution in [2.24, 2.45) is 5.92 Å². The summed E-state index contributed by atoms with van der Waals surface area (Å²) < 4.78 is 5.70. The van der Waals surface area contributed by atoms with Crippen LogP contribution < -0.4 is 0 Å². The third-order valence-corrected chi connectivity index (χ3v) is 4.11. The lowest BCUT2D eigenvalue weighted by atomic mass is 9.94. The van der Waals surface area contributed by atoms with Crippen LogP contribution in [-0.2, 0) is 5.41 Å². The zero-order chi connectivity index (χ0) is 14.3. The largest absolute Gasteiger partial charge is 0.441 e. The number of hydrogen-bond donors (Lipinski definition) is 0. The van der Waals surface area contributed by atoms with Crippen LogP contribution in [0.25, 0.3) is 6.08 Å². The van der Waals surface area contributed by atoms with E-state index < -0.39 is 0 Å². The number of rotatable bonds is 7. The van der Waals surface area contributed by atoms with Crippen LogP contribution >= 0.6 is 11.8 Å². The van der Waals surface area contributed by atoms with E-state index in [1.165, 1.54) is 17.9 Å². The first-order valence-electron chi connectivity index (χ1n) is 7.10. The van der Waals surface area contributed by atoms with Crippen molar-refractivity contribution in [3.05, 3.63) is 23.9 Å². The van der Waals surface area contributed by atoms with Gasteiger partial charge in [-0.2, -0.15) is 11.8 Å². The zero-order valence-electron chi connectivity index (χ0n) is 12.9. The maximum absolute atomic E-state index is 5.70. The summed E-state index contributed by atoms with van der Waals surface area (Å²) in [6.07, 6.45) is 8.30. The molecule has 0 saturated carbocycles. The predicted molar refractivity (Wildman–Crippen MR) is 85.6 cm³/mol. The summed E-state index contributed by atoms with van der Waals surface area (Å²) in [7, 11) is 0. The molecule has 1 aromatic rings. The summed E-state index contributed by atoms with van der Waals surface area (Å²) in [6, 6.07) is 0. The number of thioether (sulfide) groups is 1. The fraction of sp³-hybridized carbons (Fsp3) is 0.688. The Bertz CT molecular complexity index is 388. The molecule has 1 rings (SSSR count). The summed E-state index contributed by atoms with van der Waals surface area (Å²) in [4.78, 5) is 4.28. The molecule has 0 amide bonds. The highest BCUT2D eigenvalue weighted by Gasteiger charge is 2.18. The van der Waals surface area contributed by atoms with Crippen molar-refractivity contribution in [2.45, 2.75) is 52.9 Å². The van der Waals surface area contributed by atoms with Crippen molar-refractivity contribution in [3.8, 4) is 0 Å². The average Bonchev–Trinajstić information content (AvgIpc) is 2.75. The first kappa shape index (κ1) is 16.4. The molecule has 0 bridgehead atoms.